The predicted molar refractivity (Wildman–Crippen MR) is 104 cm³/mol. The first-order valence-electron chi connectivity index (χ1n) is 9.95. The van der Waals surface area contributed by atoms with E-state index in [0.29, 0.717) is 17.5 Å². The van der Waals surface area contributed by atoms with Gasteiger partial charge in [-0.1, -0.05) is 25.3 Å². The van der Waals surface area contributed by atoms with Crippen molar-refractivity contribution in [1.82, 2.24) is 14.6 Å². The van der Waals surface area contributed by atoms with Crippen molar-refractivity contribution >= 4 is 11.5 Å². The molecule has 0 unspecified atom stereocenters. The van der Waals surface area contributed by atoms with Gasteiger partial charge in [-0.2, -0.15) is 26.3 Å². The summed E-state index contributed by atoms with van der Waals surface area (Å²) in [6.07, 6.45) is -2.92. The van der Waals surface area contributed by atoms with Crippen LogP contribution in [0.25, 0.3) is 16.8 Å². The fourth-order valence-corrected chi connectivity index (χ4v) is 4.03. The van der Waals surface area contributed by atoms with Gasteiger partial charge in [-0.15, -0.1) is 10.2 Å². The van der Waals surface area contributed by atoms with Gasteiger partial charge in [0.1, 0.15) is 5.69 Å². The van der Waals surface area contributed by atoms with Crippen LogP contribution >= 0.6 is 0 Å². The number of aromatic nitrogens is 3. The Labute approximate surface area is 174 Å². The van der Waals surface area contributed by atoms with Gasteiger partial charge in [0.15, 0.2) is 0 Å². The van der Waals surface area contributed by atoms with E-state index in [4.69, 9.17) is 0 Å². The number of fused-ring (bicyclic) bond motifs is 1. The van der Waals surface area contributed by atoms with Gasteiger partial charge in [-0.05, 0) is 43.5 Å². The quantitative estimate of drug-likeness (QED) is 0.472. The van der Waals surface area contributed by atoms with E-state index in [0.717, 1.165) is 43.7 Å². The average molecular weight is 442 g/mol. The smallest absolute Gasteiger partial charge is 0.351 e. The zero-order chi connectivity index (χ0) is 22.4. The molecule has 0 radical (unpaired) electrons. The van der Waals surface area contributed by atoms with E-state index in [1.807, 2.05) is 0 Å². The maximum atomic E-state index is 13.7. The molecule has 0 saturated heterocycles. The van der Waals surface area contributed by atoms with Crippen LogP contribution in [0.2, 0.25) is 0 Å². The molecule has 4 rings (SSSR count). The predicted octanol–water partition coefficient (Wildman–Crippen LogP) is 6.49. The summed E-state index contributed by atoms with van der Waals surface area (Å²) < 4.78 is 81.6. The van der Waals surface area contributed by atoms with Crippen molar-refractivity contribution in [3.63, 3.8) is 0 Å². The molecule has 0 aliphatic heterocycles. The molecular formula is C21H20F6N4. The van der Waals surface area contributed by atoms with Crippen molar-refractivity contribution in [2.75, 3.05) is 5.32 Å². The highest BCUT2D eigenvalue weighted by Crippen LogP contribution is 2.41. The van der Waals surface area contributed by atoms with E-state index < -0.39 is 29.0 Å². The molecule has 1 aliphatic carbocycles. The normalized spacial score (nSPS) is 16.1. The maximum Gasteiger partial charge on any atom is 0.417 e. The van der Waals surface area contributed by atoms with Crippen LogP contribution in [-0.2, 0) is 12.4 Å². The molecule has 1 aliphatic rings. The summed E-state index contributed by atoms with van der Waals surface area (Å²) in [4.78, 5) is 0. The van der Waals surface area contributed by atoms with Gasteiger partial charge in [0.05, 0.1) is 16.6 Å². The van der Waals surface area contributed by atoms with Gasteiger partial charge >= 0.3 is 12.4 Å². The van der Waals surface area contributed by atoms with Crippen LogP contribution in [0.5, 0.6) is 0 Å². The van der Waals surface area contributed by atoms with Crippen LogP contribution in [0.4, 0.5) is 32.3 Å². The lowest BCUT2D eigenvalue weighted by Crippen LogP contribution is -2.24. The zero-order valence-corrected chi connectivity index (χ0v) is 16.6. The van der Waals surface area contributed by atoms with E-state index >= 15 is 0 Å². The number of alkyl halides is 6. The van der Waals surface area contributed by atoms with Gasteiger partial charge < -0.3 is 5.32 Å². The molecule has 0 atom stereocenters. The summed E-state index contributed by atoms with van der Waals surface area (Å²) in [7, 11) is 0. The first-order chi connectivity index (χ1) is 14.5. The topological polar surface area (TPSA) is 42.2 Å². The lowest BCUT2D eigenvalue weighted by Gasteiger charge is -2.23. The van der Waals surface area contributed by atoms with Crippen molar-refractivity contribution in [1.29, 1.82) is 0 Å². The highest BCUT2D eigenvalue weighted by Gasteiger charge is 2.39. The Bertz CT molecular complexity index is 1090. The van der Waals surface area contributed by atoms with E-state index in [9.17, 15) is 26.3 Å². The van der Waals surface area contributed by atoms with Crippen LogP contribution in [0.3, 0.4) is 0 Å². The minimum absolute atomic E-state index is 0.122. The van der Waals surface area contributed by atoms with Crippen molar-refractivity contribution in [3.05, 3.63) is 47.2 Å². The van der Waals surface area contributed by atoms with Crippen LogP contribution in [0, 0.1) is 6.92 Å². The molecule has 166 valence electrons. The van der Waals surface area contributed by atoms with E-state index in [1.165, 1.54) is 0 Å². The van der Waals surface area contributed by atoms with Gasteiger partial charge in [-0.3, -0.25) is 4.40 Å². The summed E-state index contributed by atoms with van der Waals surface area (Å²) >= 11 is 0. The highest BCUT2D eigenvalue weighted by atomic mass is 19.4. The summed E-state index contributed by atoms with van der Waals surface area (Å²) in [5.41, 5.74) is -2.22. The largest absolute Gasteiger partial charge is 0.417 e. The molecule has 1 saturated carbocycles. The Morgan fingerprint density at radius 2 is 1.65 bits per heavy atom. The number of anilines is 1. The molecule has 3 aromatic rings. The van der Waals surface area contributed by atoms with E-state index in [2.05, 4.69) is 15.5 Å². The second-order valence-electron chi connectivity index (χ2n) is 7.88. The lowest BCUT2D eigenvalue weighted by atomic mass is 9.96. The minimum Gasteiger partial charge on any atom is -0.351 e. The lowest BCUT2D eigenvalue weighted by molar-refractivity contribution is -0.142. The van der Waals surface area contributed by atoms with Crippen molar-refractivity contribution < 1.29 is 26.3 Å². The highest BCUT2D eigenvalue weighted by molar-refractivity contribution is 5.81. The average Bonchev–Trinajstić information content (AvgIpc) is 3.09. The van der Waals surface area contributed by atoms with Crippen molar-refractivity contribution in [2.45, 2.75) is 57.4 Å². The summed E-state index contributed by atoms with van der Waals surface area (Å²) in [6.45, 7) is 1.78. The molecule has 0 amide bonds. The summed E-state index contributed by atoms with van der Waals surface area (Å²) in [5.74, 6) is 0.402. The molecule has 10 heteroatoms. The number of nitrogens with one attached hydrogen (secondary N) is 1. The van der Waals surface area contributed by atoms with Gasteiger partial charge in [0.2, 0.25) is 5.95 Å². The molecule has 2 aromatic heterocycles. The molecule has 0 spiro atoms. The third-order valence-corrected chi connectivity index (χ3v) is 5.52. The number of halogens is 6. The Balaban J connectivity index is 1.84. The number of nitrogens with zero attached hydrogens (tertiary/aromatic N) is 3. The number of rotatable bonds is 3. The van der Waals surface area contributed by atoms with Crippen molar-refractivity contribution in [3.8, 4) is 11.3 Å². The standard InChI is InChI=1S/C21H20F6N4/c1-12-9-17-18(15-8-7-13(20(22,23)24)10-16(15)21(25,26)27)29-30-19(31(17)11-12)28-14-5-3-2-4-6-14/h7-11,14H,2-6H2,1H3,(H,28,30). The van der Waals surface area contributed by atoms with Crippen LogP contribution in [0.1, 0.15) is 48.8 Å². The number of hydrogen-bond acceptors (Lipinski definition) is 3. The summed E-state index contributed by atoms with van der Waals surface area (Å²) in [6, 6.07) is 3.40. The first-order valence-corrected chi connectivity index (χ1v) is 9.95. The minimum atomic E-state index is -4.99. The second-order valence-corrected chi connectivity index (χ2v) is 7.88. The Morgan fingerprint density at radius 1 is 0.935 bits per heavy atom. The zero-order valence-electron chi connectivity index (χ0n) is 16.6. The molecule has 0 bridgehead atoms. The second kappa shape index (κ2) is 7.72. The van der Waals surface area contributed by atoms with Gasteiger partial charge in [0.25, 0.3) is 0 Å². The molecule has 1 N–H and O–H groups in total. The summed E-state index contributed by atoms with van der Waals surface area (Å²) in [5, 5.41) is 11.4. The van der Waals surface area contributed by atoms with Gasteiger partial charge in [0, 0.05) is 17.8 Å². The molecule has 4 nitrogen and oxygen atoms in total. The van der Waals surface area contributed by atoms with Crippen LogP contribution in [0.15, 0.2) is 30.5 Å². The fraction of sp³-hybridized carbons (Fsp3) is 0.429. The van der Waals surface area contributed by atoms with E-state index in [-0.39, 0.29) is 17.8 Å². The number of aryl methyl sites for hydroxylation is 1. The number of benzene rings is 1. The van der Waals surface area contributed by atoms with E-state index in [1.54, 1.807) is 23.6 Å². The molecule has 31 heavy (non-hydrogen) atoms. The SMILES string of the molecule is Cc1cc2c(-c3ccc(C(F)(F)F)cc3C(F)(F)F)nnc(NC3CCCCC3)n2c1. The Morgan fingerprint density at radius 3 is 2.29 bits per heavy atom. The number of hydrogen-bond donors (Lipinski definition) is 1. The third-order valence-electron chi connectivity index (χ3n) is 5.52. The molecular weight excluding hydrogens is 422 g/mol. The molecule has 2 heterocycles. The van der Waals surface area contributed by atoms with Crippen molar-refractivity contribution in [2.24, 2.45) is 0 Å². The van der Waals surface area contributed by atoms with Crippen LogP contribution < -0.4 is 5.32 Å². The maximum absolute atomic E-state index is 13.7. The Hall–Kier alpha value is -2.78. The molecule has 1 aromatic carbocycles. The third kappa shape index (κ3) is 4.33. The van der Waals surface area contributed by atoms with Gasteiger partial charge in [-0.25, -0.2) is 0 Å². The first kappa shape index (κ1) is 21.5. The fourth-order valence-electron chi connectivity index (χ4n) is 4.03. The molecule has 1 fully saturated rings. The monoisotopic (exact) mass is 442 g/mol. The van der Waals surface area contributed by atoms with Crippen LogP contribution in [-0.4, -0.2) is 20.6 Å². The Kier molecular flexibility index (Phi) is 5.35.